The van der Waals surface area contributed by atoms with E-state index in [0.29, 0.717) is 33.4 Å². The molecule has 0 aliphatic rings. The molecule has 2 amide bonds. The molecule has 0 aliphatic carbocycles. The van der Waals surface area contributed by atoms with Gasteiger partial charge in [-0.1, -0.05) is 47.5 Å². The second kappa shape index (κ2) is 11.0. The van der Waals surface area contributed by atoms with Gasteiger partial charge in [0.05, 0.1) is 22.0 Å². The number of carbonyl (C=O) groups is 2. The predicted molar refractivity (Wildman–Crippen MR) is 129 cm³/mol. The van der Waals surface area contributed by atoms with E-state index in [0.717, 1.165) is 10.6 Å². The van der Waals surface area contributed by atoms with Crippen LogP contribution >= 0.6 is 23.2 Å². The highest BCUT2D eigenvalue weighted by Crippen LogP contribution is 2.25. The van der Waals surface area contributed by atoms with Crippen LogP contribution in [0, 0.1) is 6.92 Å². The molecular weight excluding hydrogens is 473 g/mol. The summed E-state index contributed by atoms with van der Waals surface area (Å²) in [5.74, 6) is -0.869. The Labute approximate surface area is 199 Å². The SMILES string of the molecule is CCNC(=O)[C@H](C)N(Cc1ccc(Cl)c(Cl)c1)C(=O)CN(c1ccccc1C)S(C)(=O)=O. The molecule has 10 heteroatoms. The highest BCUT2D eigenvalue weighted by molar-refractivity contribution is 7.92. The third-order valence-corrected chi connectivity index (χ3v) is 6.78. The minimum atomic E-state index is -3.76. The largest absolute Gasteiger partial charge is 0.355 e. The van der Waals surface area contributed by atoms with E-state index in [1.165, 1.54) is 4.90 Å². The first-order valence-electron chi connectivity index (χ1n) is 10.00. The monoisotopic (exact) mass is 499 g/mol. The molecule has 7 nitrogen and oxygen atoms in total. The van der Waals surface area contributed by atoms with Crippen molar-refractivity contribution in [2.24, 2.45) is 0 Å². The standard InChI is InChI=1S/C22H27Cl2N3O4S/c1-5-25-22(29)16(3)26(13-17-10-11-18(23)19(24)12-17)21(28)14-27(32(4,30)31)20-9-7-6-8-15(20)2/h6-12,16H,5,13-14H2,1-4H3,(H,25,29)/t16-/m0/s1. The van der Waals surface area contributed by atoms with Crippen LogP contribution in [0.2, 0.25) is 10.0 Å². The molecule has 0 saturated heterocycles. The van der Waals surface area contributed by atoms with Gasteiger partial charge in [0.25, 0.3) is 0 Å². The Balaban J connectivity index is 2.41. The van der Waals surface area contributed by atoms with Gasteiger partial charge in [-0.05, 0) is 50.1 Å². The van der Waals surface area contributed by atoms with Crippen LogP contribution in [-0.2, 0) is 26.2 Å². The number of hydrogen-bond donors (Lipinski definition) is 1. The van der Waals surface area contributed by atoms with Crippen molar-refractivity contribution in [3.05, 3.63) is 63.6 Å². The average Bonchev–Trinajstić information content (AvgIpc) is 2.72. The number of likely N-dealkylation sites (N-methyl/N-ethyl adjacent to an activating group) is 1. The number of carbonyl (C=O) groups excluding carboxylic acids is 2. The average molecular weight is 500 g/mol. The summed E-state index contributed by atoms with van der Waals surface area (Å²) in [5, 5.41) is 3.39. The van der Waals surface area contributed by atoms with E-state index in [1.54, 1.807) is 63.2 Å². The molecular formula is C22H27Cl2N3O4S. The van der Waals surface area contributed by atoms with Crippen LogP contribution in [0.4, 0.5) is 5.69 Å². The molecule has 2 aromatic carbocycles. The summed E-state index contributed by atoms with van der Waals surface area (Å²) in [6.07, 6.45) is 1.04. The normalized spacial score (nSPS) is 12.2. The van der Waals surface area contributed by atoms with Gasteiger partial charge in [0, 0.05) is 13.1 Å². The molecule has 0 spiro atoms. The summed E-state index contributed by atoms with van der Waals surface area (Å²) in [6.45, 7) is 5.14. The van der Waals surface area contributed by atoms with Crippen molar-refractivity contribution < 1.29 is 18.0 Å². The fourth-order valence-corrected chi connectivity index (χ4v) is 4.41. The lowest BCUT2D eigenvalue weighted by atomic mass is 10.1. The minimum absolute atomic E-state index is 0.0550. The van der Waals surface area contributed by atoms with Crippen molar-refractivity contribution in [1.82, 2.24) is 10.2 Å². The second-order valence-electron chi connectivity index (χ2n) is 7.40. The van der Waals surface area contributed by atoms with Gasteiger partial charge in [0.2, 0.25) is 21.8 Å². The van der Waals surface area contributed by atoms with Crippen LogP contribution < -0.4 is 9.62 Å². The number of rotatable bonds is 9. The lowest BCUT2D eigenvalue weighted by Crippen LogP contribution is -2.51. The fourth-order valence-electron chi connectivity index (χ4n) is 3.18. The van der Waals surface area contributed by atoms with Crippen molar-refractivity contribution in [2.45, 2.75) is 33.4 Å². The zero-order chi connectivity index (χ0) is 24.1. The molecule has 0 heterocycles. The maximum absolute atomic E-state index is 13.4. The summed E-state index contributed by atoms with van der Waals surface area (Å²) in [7, 11) is -3.76. The van der Waals surface area contributed by atoms with Crippen LogP contribution in [0.1, 0.15) is 25.0 Å². The number of amides is 2. The third kappa shape index (κ3) is 6.60. The van der Waals surface area contributed by atoms with Crippen molar-refractivity contribution in [2.75, 3.05) is 23.7 Å². The van der Waals surface area contributed by atoms with Crippen molar-refractivity contribution in [3.63, 3.8) is 0 Å². The smallest absolute Gasteiger partial charge is 0.244 e. The second-order valence-corrected chi connectivity index (χ2v) is 10.1. The lowest BCUT2D eigenvalue weighted by molar-refractivity contribution is -0.139. The number of para-hydroxylation sites is 1. The van der Waals surface area contributed by atoms with Gasteiger partial charge in [-0.2, -0.15) is 0 Å². The summed E-state index contributed by atoms with van der Waals surface area (Å²) < 4.78 is 26.1. The molecule has 174 valence electrons. The number of hydrogen-bond acceptors (Lipinski definition) is 4. The molecule has 0 radical (unpaired) electrons. The maximum Gasteiger partial charge on any atom is 0.244 e. The molecule has 0 bridgehead atoms. The van der Waals surface area contributed by atoms with Crippen LogP contribution in [0.25, 0.3) is 0 Å². The Hall–Kier alpha value is -2.29. The van der Waals surface area contributed by atoms with Crippen LogP contribution in [-0.4, -0.2) is 50.5 Å². The molecule has 0 aliphatic heterocycles. The van der Waals surface area contributed by atoms with E-state index in [9.17, 15) is 18.0 Å². The van der Waals surface area contributed by atoms with E-state index >= 15 is 0 Å². The van der Waals surface area contributed by atoms with Crippen molar-refractivity contribution in [1.29, 1.82) is 0 Å². The number of anilines is 1. The molecule has 0 saturated carbocycles. The van der Waals surface area contributed by atoms with E-state index in [4.69, 9.17) is 23.2 Å². The van der Waals surface area contributed by atoms with Gasteiger partial charge < -0.3 is 10.2 Å². The minimum Gasteiger partial charge on any atom is -0.355 e. The number of aryl methyl sites for hydroxylation is 1. The summed E-state index contributed by atoms with van der Waals surface area (Å²) in [6, 6.07) is 11.0. The molecule has 2 rings (SSSR count). The van der Waals surface area contributed by atoms with Crippen LogP contribution in [0.3, 0.4) is 0 Å². The van der Waals surface area contributed by atoms with E-state index < -0.39 is 28.5 Å². The first kappa shape index (κ1) is 26.0. The Kier molecular flexibility index (Phi) is 8.95. The first-order valence-corrected chi connectivity index (χ1v) is 12.6. The molecule has 0 fully saturated rings. The van der Waals surface area contributed by atoms with Crippen molar-refractivity contribution in [3.8, 4) is 0 Å². The Morgan fingerprint density at radius 1 is 1.09 bits per heavy atom. The van der Waals surface area contributed by atoms with Gasteiger partial charge in [-0.25, -0.2) is 8.42 Å². The fraction of sp³-hybridized carbons (Fsp3) is 0.364. The van der Waals surface area contributed by atoms with Gasteiger partial charge >= 0.3 is 0 Å². The quantitative estimate of drug-likeness (QED) is 0.570. The summed E-state index contributed by atoms with van der Waals surface area (Å²) in [5.41, 5.74) is 1.77. The van der Waals surface area contributed by atoms with E-state index in [1.807, 2.05) is 0 Å². The number of nitrogens with one attached hydrogen (secondary N) is 1. The topological polar surface area (TPSA) is 86.8 Å². The Morgan fingerprint density at radius 2 is 1.75 bits per heavy atom. The van der Waals surface area contributed by atoms with Crippen molar-refractivity contribution >= 4 is 50.7 Å². The highest BCUT2D eigenvalue weighted by atomic mass is 35.5. The molecule has 0 aromatic heterocycles. The predicted octanol–water partition coefficient (Wildman–Crippen LogP) is 3.62. The Bertz CT molecular complexity index is 1090. The highest BCUT2D eigenvalue weighted by Gasteiger charge is 2.30. The molecule has 0 unspecified atom stereocenters. The number of nitrogens with zero attached hydrogens (tertiary/aromatic N) is 2. The first-order chi connectivity index (χ1) is 15.0. The molecule has 1 atom stereocenters. The van der Waals surface area contributed by atoms with Crippen LogP contribution in [0.5, 0.6) is 0 Å². The van der Waals surface area contributed by atoms with Gasteiger partial charge in [0.1, 0.15) is 12.6 Å². The van der Waals surface area contributed by atoms with E-state index in [-0.39, 0.29) is 12.5 Å². The van der Waals surface area contributed by atoms with E-state index in [2.05, 4.69) is 5.32 Å². The summed E-state index contributed by atoms with van der Waals surface area (Å²) in [4.78, 5) is 27.2. The van der Waals surface area contributed by atoms with Gasteiger partial charge in [0.15, 0.2) is 0 Å². The third-order valence-electron chi connectivity index (χ3n) is 4.92. The zero-order valence-electron chi connectivity index (χ0n) is 18.4. The van der Waals surface area contributed by atoms with Crippen LogP contribution in [0.15, 0.2) is 42.5 Å². The molecule has 1 N–H and O–H groups in total. The number of sulfonamides is 1. The Morgan fingerprint density at radius 3 is 2.31 bits per heavy atom. The number of halogens is 2. The maximum atomic E-state index is 13.4. The number of benzene rings is 2. The molecule has 2 aromatic rings. The van der Waals surface area contributed by atoms with Gasteiger partial charge in [-0.15, -0.1) is 0 Å². The lowest BCUT2D eigenvalue weighted by Gasteiger charge is -2.31. The zero-order valence-corrected chi connectivity index (χ0v) is 20.8. The van der Waals surface area contributed by atoms with Gasteiger partial charge in [-0.3, -0.25) is 13.9 Å². The summed E-state index contributed by atoms with van der Waals surface area (Å²) >= 11 is 12.1. The molecule has 32 heavy (non-hydrogen) atoms.